The fourth-order valence-electron chi connectivity index (χ4n) is 1.82. The summed E-state index contributed by atoms with van der Waals surface area (Å²) in [5, 5.41) is 8.80. The molecular formula is C15H21F3O2. The fraction of sp³-hybridized carbons (Fsp3) is 0.600. The number of halogens is 3. The molecule has 0 amide bonds. The molecule has 0 bridgehead atoms. The van der Waals surface area contributed by atoms with E-state index in [0.717, 1.165) is 18.4 Å². The first kappa shape index (κ1) is 17.0. The normalized spacial score (nSPS) is 13.4. The molecule has 0 aliphatic heterocycles. The van der Waals surface area contributed by atoms with E-state index in [9.17, 15) is 13.2 Å². The Hall–Kier alpha value is -1.07. The molecule has 0 spiro atoms. The highest BCUT2D eigenvalue weighted by Crippen LogP contribution is 2.23. The van der Waals surface area contributed by atoms with Gasteiger partial charge in [0.2, 0.25) is 0 Å². The highest BCUT2D eigenvalue weighted by atomic mass is 19.4. The van der Waals surface area contributed by atoms with Crippen LogP contribution in [0.5, 0.6) is 0 Å². The van der Waals surface area contributed by atoms with E-state index in [1.165, 1.54) is 0 Å². The zero-order valence-electron chi connectivity index (χ0n) is 11.4. The Morgan fingerprint density at radius 1 is 1.00 bits per heavy atom. The number of hydrogen-bond acceptors (Lipinski definition) is 2. The van der Waals surface area contributed by atoms with Crippen molar-refractivity contribution in [1.82, 2.24) is 0 Å². The van der Waals surface area contributed by atoms with E-state index in [0.29, 0.717) is 26.1 Å². The minimum Gasteiger partial charge on any atom is -0.384 e. The SMILES string of the molecule is OC(CCCCCCOCc1ccccc1)C(F)(F)F. The van der Waals surface area contributed by atoms with Crippen molar-refractivity contribution in [2.24, 2.45) is 0 Å². The van der Waals surface area contributed by atoms with Crippen LogP contribution in [-0.2, 0) is 11.3 Å². The largest absolute Gasteiger partial charge is 0.414 e. The van der Waals surface area contributed by atoms with Crippen LogP contribution in [0, 0.1) is 0 Å². The van der Waals surface area contributed by atoms with Crippen molar-refractivity contribution in [1.29, 1.82) is 0 Å². The second-order valence-electron chi connectivity index (χ2n) is 4.80. The van der Waals surface area contributed by atoms with E-state index < -0.39 is 12.3 Å². The van der Waals surface area contributed by atoms with Gasteiger partial charge in [-0.15, -0.1) is 0 Å². The topological polar surface area (TPSA) is 29.5 Å². The monoisotopic (exact) mass is 290 g/mol. The summed E-state index contributed by atoms with van der Waals surface area (Å²) < 4.78 is 41.5. The highest BCUT2D eigenvalue weighted by Gasteiger charge is 2.37. The van der Waals surface area contributed by atoms with Gasteiger partial charge < -0.3 is 9.84 Å². The number of rotatable bonds is 9. The predicted molar refractivity (Wildman–Crippen MR) is 71.2 cm³/mol. The lowest BCUT2D eigenvalue weighted by Crippen LogP contribution is -2.28. The summed E-state index contributed by atoms with van der Waals surface area (Å²) in [6.07, 6.45) is -4.17. The molecule has 0 radical (unpaired) electrons. The first-order chi connectivity index (χ1) is 9.50. The third-order valence-corrected chi connectivity index (χ3v) is 3.01. The van der Waals surface area contributed by atoms with Crippen molar-refractivity contribution in [2.45, 2.75) is 51.0 Å². The maximum absolute atomic E-state index is 12.0. The Kier molecular flexibility index (Phi) is 7.62. The van der Waals surface area contributed by atoms with Crippen molar-refractivity contribution in [3.63, 3.8) is 0 Å². The molecule has 1 unspecified atom stereocenters. The molecule has 0 aromatic heterocycles. The Labute approximate surface area is 117 Å². The van der Waals surface area contributed by atoms with Gasteiger partial charge in [-0.3, -0.25) is 0 Å². The highest BCUT2D eigenvalue weighted by molar-refractivity contribution is 5.13. The molecule has 0 saturated carbocycles. The quantitative estimate of drug-likeness (QED) is 0.694. The van der Waals surface area contributed by atoms with Crippen LogP contribution in [0.4, 0.5) is 13.2 Å². The van der Waals surface area contributed by atoms with Crippen molar-refractivity contribution in [3.05, 3.63) is 35.9 Å². The first-order valence-electron chi connectivity index (χ1n) is 6.86. The molecule has 1 aromatic carbocycles. The van der Waals surface area contributed by atoms with E-state index in [2.05, 4.69) is 0 Å². The van der Waals surface area contributed by atoms with Crippen LogP contribution in [0.1, 0.15) is 37.7 Å². The first-order valence-corrected chi connectivity index (χ1v) is 6.86. The third-order valence-electron chi connectivity index (χ3n) is 3.01. The second-order valence-corrected chi connectivity index (χ2v) is 4.80. The molecule has 20 heavy (non-hydrogen) atoms. The Balaban J connectivity index is 1.93. The van der Waals surface area contributed by atoms with Gasteiger partial charge in [-0.1, -0.05) is 49.6 Å². The van der Waals surface area contributed by atoms with Gasteiger partial charge in [0.1, 0.15) is 6.10 Å². The molecule has 0 aliphatic carbocycles. The van der Waals surface area contributed by atoms with Crippen LogP contribution >= 0.6 is 0 Å². The van der Waals surface area contributed by atoms with E-state index >= 15 is 0 Å². The summed E-state index contributed by atoms with van der Waals surface area (Å²) in [5.74, 6) is 0. The number of alkyl halides is 3. The summed E-state index contributed by atoms with van der Waals surface area (Å²) in [6.45, 7) is 1.17. The maximum Gasteiger partial charge on any atom is 0.414 e. The lowest BCUT2D eigenvalue weighted by Gasteiger charge is -2.13. The summed E-state index contributed by atoms with van der Waals surface area (Å²) in [4.78, 5) is 0. The maximum atomic E-state index is 12.0. The van der Waals surface area contributed by atoms with Gasteiger partial charge in [-0.25, -0.2) is 0 Å². The molecule has 0 fully saturated rings. The third kappa shape index (κ3) is 7.50. The van der Waals surface area contributed by atoms with Crippen molar-refractivity contribution in [3.8, 4) is 0 Å². The molecular weight excluding hydrogens is 269 g/mol. The second kappa shape index (κ2) is 8.97. The van der Waals surface area contributed by atoms with Gasteiger partial charge in [0, 0.05) is 6.61 Å². The molecule has 1 atom stereocenters. The van der Waals surface area contributed by atoms with Gasteiger partial charge in [0.25, 0.3) is 0 Å². The van der Waals surface area contributed by atoms with Crippen LogP contribution in [0.2, 0.25) is 0 Å². The molecule has 1 aromatic rings. The van der Waals surface area contributed by atoms with E-state index in [1.807, 2.05) is 30.3 Å². The van der Waals surface area contributed by atoms with Crippen LogP contribution in [0.25, 0.3) is 0 Å². The number of benzene rings is 1. The smallest absolute Gasteiger partial charge is 0.384 e. The van der Waals surface area contributed by atoms with Crippen LogP contribution in [0.15, 0.2) is 30.3 Å². The van der Waals surface area contributed by atoms with Gasteiger partial charge in [0.05, 0.1) is 6.61 Å². The number of hydrogen-bond donors (Lipinski definition) is 1. The Morgan fingerprint density at radius 3 is 2.30 bits per heavy atom. The molecule has 2 nitrogen and oxygen atoms in total. The summed E-state index contributed by atoms with van der Waals surface area (Å²) in [5.41, 5.74) is 1.11. The van der Waals surface area contributed by atoms with Crippen molar-refractivity contribution in [2.75, 3.05) is 6.61 Å². The van der Waals surface area contributed by atoms with Crippen molar-refractivity contribution < 1.29 is 23.0 Å². The molecule has 0 aliphatic rings. The lowest BCUT2D eigenvalue weighted by atomic mass is 10.1. The van der Waals surface area contributed by atoms with Crippen LogP contribution in [0.3, 0.4) is 0 Å². The van der Waals surface area contributed by atoms with Gasteiger partial charge in [-0.05, 0) is 18.4 Å². The number of aliphatic hydroxyl groups is 1. The van der Waals surface area contributed by atoms with E-state index in [1.54, 1.807) is 0 Å². The lowest BCUT2D eigenvalue weighted by molar-refractivity contribution is -0.205. The number of ether oxygens (including phenoxy) is 1. The zero-order chi connectivity index (χ0) is 14.8. The number of aliphatic hydroxyl groups excluding tert-OH is 1. The van der Waals surface area contributed by atoms with Crippen LogP contribution in [-0.4, -0.2) is 24.0 Å². The van der Waals surface area contributed by atoms with Crippen LogP contribution < -0.4 is 0 Å². The van der Waals surface area contributed by atoms with E-state index in [-0.39, 0.29) is 6.42 Å². The Bertz CT molecular complexity index is 352. The summed E-state index contributed by atoms with van der Waals surface area (Å²) in [7, 11) is 0. The zero-order valence-corrected chi connectivity index (χ0v) is 11.4. The average Bonchev–Trinajstić information content (AvgIpc) is 2.41. The molecule has 0 saturated heterocycles. The molecule has 0 heterocycles. The van der Waals surface area contributed by atoms with Gasteiger partial charge in [0.15, 0.2) is 0 Å². The molecule has 5 heteroatoms. The molecule has 1 rings (SSSR count). The summed E-state index contributed by atoms with van der Waals surface area (Å²) in [6, 6.07) is 9.81. The average molecular weight is 290 g/mol. The minimum atomic E-state index is -4.49. The standard InChI is InChI=1S/C15H21F3O2/c16-15(17,18)14(19)10-6-1-2-7-11-20-12-13-8-4-3-5-9-13/h3-5,8-9,14,19H,1-2,6-7,10-12H2. The summed E-state index contributed by atoms with van der Waals surface area (Å²) >= 11 is 0. The Morgan fingerprint density at radius 2 is 1.65 bits per heavy atom. The molecule has 1 N–H and O–H groups in total. The number of unbranched alkanes of at least 4 members (excludes halogenated alkanes) is 3. The fourth-order valence-corrected chi connectivity index (χ4v) is 1.82. The van der Waals surface area contributed by atoms with Gasteiger partial charge in [-0.2, -0.15) is 13.2 Å². The molecule has 114 valence electrons. The van der Waals surface area contributed by atoms with Crippen molar-refractivity contribution >= 4 is 0 Å². The minimum absolute atomic E-state index is 0.214. The van der Waals surface area contributed by atoms with E-state index in [4.69, 9.17) is 9.84 Å². The predicted octanol–water partition coefficient (Wildman–Crippen LogP) is 4.08. The van der Waals surface area contributed by atoms with Gasteiger partial charge >= 0.3 is 6.18 Å².